The fourth-order valence-corrected chi connectivity index (χ4v) is 2.48. The molecule has 0 atom stereocenters. The van der Waals surface area contributed by atoms with Crippen molar-refractivity contribution in [2.24, 2.45) is 0 Å². The lowest BCUT2D eigenvalue weighted by molar-refractivity contribution is 0.248. The zero-order valence-corrected chi connectivity index (χ0v) is 13.6. The fraction of sp³-hybridized carbons (Fsp3) is 0.278. The van der Waals surface area contributed by atoms with E-state index in [1.807, 2.05) is 35.2 Å². The normalized spacial score (nSPS) is 10.3. The van der Waals surface area contributed by atoms with Gasteiger partial charge in [0.2, 0.25) is 0 Å². The first-order chi connectivity index (χ1) is 10.7. The SMILES string of the molecule is CCc1ccc(NC(=S)N(CCO)Cc2ccccc2)cc1. The molecule has 0 unspecified atom stereocenters. The zero-order chi connectivity index (χ0) is 15.8. The number of thiocarbonyl (C=S) groups is 1. The summed E-state index contributed by atoms with van der Waals surface area (Å²) in [7, 11) is 0. The molecule has 0 aromatic heterocycles. The largest absolute Gasteiger partial charge is 0.395 e. The van der Waals surface area contributed by atoms with E-state index in [1.165, 1.54) is 11.1 Å². The van der Waals surface area contributed by atoms with Gasteiger partial charge >= 0.3 is 0 Å². The molecule has 0 fully saturated rings. The van der Waals surface area contributed by atoms with Gasteiger partial charge in [0, 0.05) is 18.8 Å². The molecule has 2 aromatic carbocycles. The molecule has 0 aliphatic heterocycles. The average Bonchev–Trinajstić information content (AvgIpc) is 2.56. The van der Waals surface area contributed by atoms with Gasteiger partial charge in [-0.1, -0.05) is 49.4 Å². The van der Waals surface area contributed by atoms with Gasteiger partial charge in [0.15, 0.2) is 5.11 Å². The maximum Gasteiger partial charge on any atom is 0.173 e. The number of hydrogen-bond acceptors (Lipinski definition) is 2. The van der Waals surface area contributed by atoms with Crippen molar-refractivity contribution in [2.45, 2.75) is 19.9 Å². The summed E-state index contributed by atoms with van der Waals surface area (Å²) in [6.45, 7) is 3.40. The third-order valence-corrected chi connectivity index (χ3v) is 3.85. The first-order valence-electron chi connectivity index (χ1n) is 7.52. The Balaban J connectivity index is 2.02. The van der Waals surface area contributed by atoms with Crippen molar-refractivity contribution in [1.82, 2.24) is 4.90 Å². The topological polar surface area (TPSA) is 35.5 Å². The van der Waals surface area contributed by atoms with Crippen molar-refractivity contribution in [2.75, 3.05) is 18.5 Å². The Morgan fingerprint density at radius 3 is 2.32 bits per heavy atom. The summed E-state index contributed by atoms with van der Waals surface area (Å²) >= 11 is 5.49. The van der Waals surface area contributed by atoms with E-state index in [0.717, 1.165) is 12.1 Å². The number of aliphatic hydroxyl groups excluding tert-OH is 1. The Morgan fingerprint density at radius 2 is 1.73 bits per heavy atom. The molecule has 0 spiro atoms. The fourth-order valence-electron chi connectivity index (χ4n) is 2.20. The van der Waals surface area contributed by atoms with Gasteiger partial charge < -0.3 is 15.3 Å². The smallest absolute Gasteiger partial charge is 0.173 e. The van der Waals surface area contributed by atoms with Crippen molar-refractivity contribution in [3.05, 3.63) is 65.7 Å². The minimum atomic E-state index is 0.0728. The van der Waals surface area contributed by atoms with Crippen molar-refractivity contribution in [3.8, 4) is 0 Å². The molecule has 0 heterocycles. The van der Waals surface area contributed by atoms with Crippen LogP contribution >= 0.6 is 12.2 Å². The van der Waals surface area contributed by atoms with E-state index < -0.39 is 0 Å². The second-order valence-electron chi connectivity index (χ2n) is 5.11. The maximum absolute atomic E-state index is 9.27. The highest BCUT2D eigenvalue weighted by Crippen LogP contribution is 2.12. The molecule has 22 heavy (non-hydrogen) atoms. The molecule has 4 heteroatoms. The summed E-state index contributed by atoms with van der Waals surface area (Å²) in [5, 5.41) is 13.1. The standard InChI is InChI=1S/C18H22N2OS/c1-2-15-8-10-17(11-9-15)19-18(22)20(12-13-21)14-16-6-4-3-5-7-16/h3-11,21H,2,12-14H2,1H3,(H,19,22). The third kappa shape index (κ3) is 4.83. The van der Waals surface area contributed by atoms with Gasteiger partial charge in [-0.2, -0.15) is 0 Å². The number of nitrogens with one attached hydrogen (secondary N) is 1. The highest BCUT2D eigenvalue weighted by atomic mass is 32.1. The van der Waals surface area contributed by atoms with Crippen LogP contribution in [0.1, 0.15) is 18.1 Å². The third-order valence-electron chi connectivity index (χ3n) is 3.49. The van der Waals surface area contributed by atoms with Crippen LogP contribution in [0.4, 0.5) is 5.69 Å². The van der Waals surface area contributed by atoms with Gasteiger partial charge in [0.25, 0.3) is 0 Å². The molecule has 2 aromatic rings. The molecule has 0 aliphatic rings. The minimum Gasteiger partial charge on any atom is -0.395 e. The predicted molar refractivity (Wildman–Crippen MR) is 96.0 cm³/mol. The van der Waals surface area contributed by atoms with Crippen LogP contribution in [0.3, 0.4) is 0 Å². The number of benzene rings is 2. The molecular weight excluding hydrogens is 292 g/mol. The molecule has 0 saturated heterocycles. The number of rotatable bonds is 6. The van der Waals surface area contributed by atoms with Gasteiger partial charge in [-0.15, -0.1) is 0 Å². The Labute approximate surface area is 137 Å². The minimum absolute atomic E-state index is 0.0728. The van der Waals surface area contributed by atoms with Crippen LogP contribution < -0.4 is 5.32 Å². The first-order valence-corrected chi connectivity index (χ1v) is 7.93. The molecule has 3 nitrogen and oxygen atoms in total. The molecule has 116 valence electrons. The second kappa shape index (κ2) is 8.51. The molecule has 2 N–H and O–H groups in total. The van der Waals surface area contributed by atoms with E-state index in [4.69, 9.17) is 12.2 Å². The molecule has 0 amide bonds. The maximum atomic E-state index is 9.27. The predicted octanol–water partition coefficient (Wildman–Crippen LogP) is 3.44. The van der Waals surface area contributed by atoms with Crippen molar-refractivity contribution in [1.29, 1.82) is 0 Å². The van der Waals surface area contributed by atoms with Crippen molar-refractivity contribution in [3.63, 3.8) is 0 Å². The van der Waals surface area contributed by atoms with Crippen molar-refractivity contribution >= 4 is 23.0 Å². The first kappa shape index (κ1) is 16.5. The van der Waals surface area contributed by atoms with Crippen LogP contribution in [-0.2, 0) is 13.0 Å². The second-order valence-corrected chi connectivity index (χ2v) is 5.50. The van der Waals surface area contributed by atoms with E-state index >= 15 is 0 Å². The summed E-state index contributed by atoms with van der Waals surface area (Å²) < 4.78 is 0. The Hall–Kier alpha value is -1.91. The lowest BCUT2D eigenvalue weighted by Gasteiger charge is -2.25. The van der Waals surface area contributed by atoms with E-state index in [1.54, 1.807) is 0 Å². The van der Waals surface area contributed by atoms with Gasteiger partial charge in [-0.05, 0) is 41.9 Å². The number of hydrogen-bond donors (Lipinski definition) is 2. The Bertz CT molecular complexity index is 584. The van der Waals surface area contributed by atoms with Crippen molar-refractivity contribution < 1.29 is 5.11 Å². The number of anilines is 1. The number of aliphatic hydroxyl groups is 1. The highest BCUT2D eigenvalue weighted by molar-refractivity contribution is 7.80. The molecular formula is C18H22N2OS. The van der Waals surface area contributed by atoms with Gasteiger partial charge in [0.1, 0.15) is 0 Å². The summed E-state index contributed by atoms with van der Waals surface area (Å²) in [5.74, 6) is 0. The summed E-state index contributed by atoms with van der Waals surface area (Å²) in [6, 6.07) is 18.4. The highest BCUT2D eigenvalue weighted by Gasteiger charge is 2.10. The van der Waals surface area contributed by atoms with Crippen LogP contribution in [0, 0.1) is 0 Å². The Morgan fingerprint density at radius 1 is 1.05 bits per heavy atom. The van der Waals surface area contributed by atoms with Gasteiger partial charge in [-0.25, -0.2) is 0 Å². The van der Waals surface area contributed by atoms with Crippen LogP contribution in [0.2, 0.25) is 0 Å². The van der Waals surface area contributed by atoms with E-state index in [2.05, 4.69) is 36.5 Å². The Kier molecular flexibility index (Phi) is 6.37. The quantitative estimate of drug-likeness (QED) is 0.801. The van der Waals surface area contributed by atoms with E-state index in [-0.39, 0.29) is 6.61 Å². The van der Waals surface area contributed by atoms with Gasteiger partial charge in [-0.3, -0.25) is 0 Å². The summed E-state index contributed by atoms with van der Waals surface area (Å²) in [4.78, 5) is 1.97. The lowest BCUT2D eigenvalue weighted by Crippen LogP contribution is -2.36. The van der Waals surface area contributed by atoms with Crippen LogP contribution in [-0.4, -0.2) is 28.3 Å². The molecule has 2 rings (SSSR count). The molecule has 0 aliphatic carbocycles. The van der Waals surface area contributed by atoms with Gasteiger partial charge in [0.05, 0.1) is 6.61 Å². The van der Waals surface area contributed by atoms with Crippen LogP contribution in [0.5, 0.6) is 0 Å². The summed E-state index contributed by atoms with van der Waals surface area (Å²) in [6.07, 6.45) is 1.02. The number of nitrogens with zero attached hydrogens (tertiary/aromatic N) is 1. The van der Waals surface area contributed by atoms with Crippen LogP contribution in [0.25, 0.3) is 0 Å². The average molecular weight is 314 g/mol. The molecule has 0 radical (unpaired) electrons. The molecule has 0 saturated carbocycles. The molecule has 0 bridgehead atoms. The zero-order valence-electron chi connectivity index (χ0n) is 12.8. The monoisotopic (exact) mass is 314 g/mol. The summed E-state index contributed by atoms with van der Waals surface area (Å²) in [5.41, 5.74) is 3.44. The van der Waals surface area contributed by atoms with Crippen LogP contribution in [0.15, 0.2) is 54.6 Å². The van der Waals surface area contributed by atoms with E-state index in [9.17, 15) is 5.11 Å². The lowest BCUT2D eigenvalue weighted by atomic mass is 10.1. The van der Waals surface area contributed by atoms with E-state index in [0.29, 0.717) is 18.2 Å². The number of aryl methyl sites for hydroxylation is 1.